The van der Waals surface area contributed by atoms with E-state index in [0.29, 0.717) is 0 Å². The summed E-state index contributed by atoms with van der Waals surface area (Å²) in [6, 6.07) is 0. The van der Waals surface area contributed by atoms with Gasteiger partial charge in [-0.2, -0.15) is 0 Å². The highest BCUT2D eigenvalue weighted by Gasteiger charge is 2.47. The molecule has 0 saturated carbocycles. The number of carbonyl (C=O) groups is 1. The number of hydrogen-bond donors (Lipinski definition) is 1. The molecule has 0 aliphatic carbocycles. The number of amides is 1. The molecule has 0 radical (unpaired) electrons. The molecule has 2 rings (SSSR count). The third-order valence-electron chi connectivity index (χ3n) is 7.31. The largest absolute Gasteiger partial charge is 0.400 e. The molecule has 1 fully saturated rings. The molecule has 29 heavy (non-hydrogen) atoms. The molecule has 2 heterocycles. The average molecular weight is 408 g/mol. The second-order valence-corrected chi connectivity index (χ2v) is 9.83. The van der Waals surface area contributed by atoms with Crippen molar-refractivity contribution < 1.29 is 9.53 Å². The first-order valence-corrected chi connectivity index (χ1v) is 11.8. The standard InChI is InChI=1S/C24H45N3O2/c1-6-7-8-9-10-12-24(5)21(25)19-20(2)23(3,4)22(28)27(24)14-11-13-26-15-17-29-18-16-26/h19-20H,6-18,25H2,1-5H3. The van der Waals surface area contributed by atoms with Gasteiger partial charge in [0.25, 0.3) is 0 Å². The van der Waals surface area contributed by atoms with Crippen molar-refractivity contribution in [3.63, 3.8) is 0 Å². The Morgan fingerprint density at radius 1 is 1.07 bits per heavy atom. The van der Waals surface area contributed by atoms with Crippen LogP contribution < -0.4 is 5.73 Å². The molecule has 0 aromatic heterocycles. The van der Waals surface area contributed by atoms with Crippen LogP contribution in [0.3, 0.4) is 0 Å². The maximum absolute atomic E-state index is 13.7. The van der Waals surface area contributed by atoms with Crippen LogP contribution in [0.15, 0.2) is 11.8 Å². The maximum Gasteiger partial charge on any atom is 0.229 e. The maximum atomic E-state index is 13.7. The fourth-order valence-electron chi connectivity index (χ4n) is 4.56. The minimum Gasteiger partial charge on any atom is -0.400 e. The summed E-state index contributed by atoms with van der Waals surface area (Å²) in [6.45, 7) is 16.1. The van der Waals surface area contributed by atoms with E-state index >= 15 is 0 Å². The molecule has 0 spiro atoms. The molecule has 5 heteroatoms. The first-order chi connectivity index (χ1) is 13.7. The van der Waals surface area contributed by atoms with Crippen LogP contribution in [0.25, 0.3) is 0 Å². The Hall–Kier alpha value is -1.07. The third kappa shape index (κ3) is 5.97. The number of carbonyl (C=O) groups excluding carboxylic acids is 1. The van der Waals surface area contributed by atoms with Gasteiger partial charge in [-0.15, -0.1) is 0 Å². The Bertz CT molecular complexity index is 554. The molecule has 1 amide bonds. The molecule has 2 aliphatic rings. The number of hydrogen-bond acceptors (Lipinski definition) is 4. The monoisotopic (exact) mass is 407 g/mol. The van der Waals surface area contributed by atoms with Crippen molar-refractivity contribution >= 4 is 5.91 Å². The van der Waals surface area contributed by atoms with Crippen molar-refractivity contribution in [2.24, 2.45) is 17.1 Å². The van der Waals surface area contributed by atoms with E-state index in [2.05, 4.69) is 50.5 Å². The van der Waals surface area contributed by atoms with Gasteiger partial charge in [0.05, 0.1) is 18.8 Å². The lowest BCUT2D eigenvalue weighted by molar-refractivity contribution is -0.146. The minimum atomic E-state index is -0.427. The zero-order valence-electron chi connectivity index (χ0n) is 19.6. The van der Waals surface area contributed by atoms with Gasteiger partial charge in [0, 0.05) is 37.3 Å². The van der Waals surface area contributed by atoms with Crippen molar-refractivity contribution in [1.29, 1.82) is 0 Å². The highest BCUT2D eigenvalue weighted by atomic mass is 16.5. The lowest BCUT2D eigenvalue weighted by Gasteiger charge is -2.44. The van der Waals surface area contributed by atoms with Crippen LogP contribution in [0.4, 0.5) is 0 Å². The number of nitrogens with zero attached hydrogens (tertiary/aromatic N) is 2. The van der Waals surface area contributed by atoms with Crippen molar-refractivity contribution in [3.05, 3.63) is 11.8 Å². The highest BCUT2D eigenvalue weighted by molar-refractivity contribution is 5.84. The van der Waals surface area contributed by atoms with Gasteiger partial charge >= 0.3 is 0 Å². The second-order valence-electron chi connectivity index (χ2n) is 9.83. The summed E-state index contributed by atoms with van der Waals surface area (Å²) >= 11 is 0. The first kappa shape index (κ1) is 24.2. The Kier molecular flexibility index (Phi) is 9.02. The zero-order chi connectivity index (χ0) is 21.5. The van der Waals surface area contributed by atoms with E-state index in [4.69, 9.17) is 10.5 Å². The third-order valence-corrected chi connectivity index (χ3v) is 7.31. The Morgan fingerprint density at radius 2 is 1.72 bits per heavy atom. The molecule has 0 aromatic rings. The van der Waals surface area contributed by atoms with Crippen molar-refractivity contribution in [2.75, 3.05) is 39.4 Å². The van der Waals surface area contributed by atoms with Crippen molar-refractivity contribution in [3.8, 4) is 0 Å². The number of nitrogens with two attached hydrogens (primary N) is 1. The zero-order valence-corrected chi connectivity index (χ0v) is 19.6. The molecule has 2 N–H and O–H groups in total. The normalized spacial score (nSPS) is 28.3. The fourth-order valence-corrected chi connectivity index (χ4v) is 4.56. The van der Waals surface area contributed by atoms with E-state index in [0.717, 1.165) is 64.4 Å². The highest BCUT2D eigenvalue weighted by Crippen LogP contribution is 2.41. The predicted octanol–water partition coefficient (Wildman–Crippen LogP) is 4.18. The molecule has 0 aromatic carbocycles. The summed E-state index contributed by atoms with van der Waals surface area (Å²) in [5.74, 6) is 0.387. The van der Waals surface area contributed by atoms with Crippen molar-refractivity contribution in [1.82, 2.24) is 9.80 Å². The van der Waals surface area contributed by atoms with E-state index in [9.17, 15) is 4.79 Å². The van der Waals surface area contributed by atoms with E-state index in [1.165, 1.54) is 25.7 Å². The summed E-state index contributed by atoms with van der Waals surface area (Å²) in [4.78, 5) is 18.2. The van der Waals surface area contributed by atoms with Crippen molar-refractivity contribution in [2.45, 2.75) is 85.1 Å². The average Bonchev–Trinajstić information content (AvgIpc) is 2.74. The lowest BCUT2D eigenvalue weighted by atomic mass is 9.79. The van der Waals surface area contributed by atoms with E-state index in [1.807, 2.05) is 0 Å². The molecular formula is C24H45N3O2. The number of ether oxygens (including phenoxy) is 1. The van der Waals surface area contributed by atoms with Crippen LogP contribution in [-0.2, 0) is 9.53 Å². The van der Waals surface area contributed by atoms with Gasteiger partial charge < -0.3 is 15.4 Å². The molecular weight excluding hydrogens is 362 g/mol. The van der Waals surface area contributed by atoms with Gasteiger partial charge in [0.1, 0.15) is 0 Å². The smallest absolute Gasteiger partial charge is 0.229 e. The lowest BCUT2D eigenvalue weighted by Crippen LogP contribution is -2.56. The van der Waals surface area contributed by atoms with Gasteiger partial charge in [-0.3, -0.25) is 9.69 Å². The quantitative estimate of drug-likeness (QED) is 0.552. The topological polar surface area (TPSA) is 58.8 Å². The number of allylic oxidation sites excluding steroid dienone is 1. The Morgan fingerprint density at radius 3 is 2.38 bits per heavy atom. The van der Waals surface area contributed by atoms with Crippen LogP contribution >= 0.6 is 0 Å². The van der Waals surface area contributed by atoms with Gasteiger partial charge in [-0.1, -0.05) is 65.9 Å². The number of rotatable bonds is 10. The van der Waals surface area contributed by atoms with Crippen LogP contribution in [0.5, 0.6) is 0 Å². The minimum absolute atomic E-state index is 0.138. The second kappa shape index (κ2) is 10.8. The molecule has 2 aliphatic heterocycles. The van der Waals surface area contributed by atoms with Gasteiger partial charge in [0.15, 0.2) is 0 Å². The van der Waals surface area contributed by atoms with E-state index in [1.54, 1.807) is 0 Å². The molecule has 2 atom stereocenters. The van der Waals surface area contributed by atoms with Crippen LogP contribution in [0.2, 0.25) is 0 Å². The SMILES string of the molecule is CCCCCCCC1(C)C(N)=CC(C)C(C)(C)C(=O)N1CCCN1CCOCC1. The summed E-state index contributed by atoms with van der Waals surface area (Å²) in [5, 5.41) is 0. The summed E-state index contributed by atoms with van der Waals surface area (Å²) in [5.41, 5.74) is 6.75. The predicted molar refractivity (Wildman–Crippen MR) is 121 cm³/mol. The van der Waals surface area contributed by atoms with Crippen LogP contribution in [0, 0.1) is 11.3 Å². The van der Waals surface area contributed by atoms with Gasteiger partial charge in [-0.05, 0) is 25.7 Å². The fraction of sp³-hybridized carbons (Fsp3) is 0.875. The van der Waals surface area contributed by atoms with Gasteiger partial charge in [0.2, 0.25) is 5.91 Å². The van der Waals surface area contributed by atoms with Crippen LogP contribution in [-0.4, -0.2) is 60.6 Å². The number of unbranched alkanes of at least 4 members (excludes halogenated alkanes) is 4. The van der Waals surface area contributed by atoms with Crippen LogP contribution in [0.1, 0.15) is 79.6 Å². The Labute approximate surface area is 179 Å². The van der Waals surface area contributed by atoms with E-state index < -0.39 is 5.41 Å². The summed E-state index contributed by atoms with van der Waals surface area (Å²) in [7, 11) is 0. The van der Waals surface area contributed by atoms with E-state index in [-0.39, 0.29) is 17.4 Å². The molecule has 0 bridgehead atoms. The number of morpholine rings is 1. The summed E-state index contributed by atoms with van der Waals surface area (Å²) < 4.78 is 5.46. The molecule has 2 unspecified atom stereocenters. The summed E-state index contributed by atoms with van der Waals surface area (Å²) in [6.07, 6.45) is 10.2. The van der Waals surface area contributed by atoms with Gasteiger partial charge in [-0.25, -0.2) is 0 Å². The molecule has 1 saturated heterocycles. The molecule has 168 valence electrons. The first-order valence-electron chi connectivity index (χ1n) is 11.8. The Balaban J connectivity index is 2.12. The molecule has 5 nitrogen and oxygen atoms in total.